The zero-order valence-corrected chi connectivity index (χ0v) is 11.9. The molecule has 1 amide bonds. The third-order valence-corrected chi connectivity index (χ3v) is 4.42. The summed E-state index contributed by atoms with van der Waals surface area (Å²) in [5.74, 6) is 0. The van der Waals surface area contributed by atoms with Gasteiger partial charge in [-0.3, -0.25) is 10.1 Å². The van der Waals surface area contributed by atoms with Gasteiger partial charge in [-0.05, 0) is 32.9 Å². The number of non-ortho nitro benzene ring substituents is 1. The molecule has 0 heterocycles. The van der Waals surface area contributed by atoms with Crippen molar-refractivity contribution >= 4 is 21.8 Å². The standard InChI is InChI=1S/C11H14N2O6S/c1-11(2,3)12(10(14)15)20(18,19)9-6-4-8(5-7-9)13(16)17/h4-7H,1-3H3,(H,14,15). The highest BCUT2D eigenvalue weighted by atomic mass is 32.2. The minimum Gasteiger partial charge on any atom is -0.464 e. The van der Waals surface area contributed by atoms with Crippen molar-refractivity contribution in [2.24, 2.45) is 0 Å². The molecule has 8 nitrogen and oxygen atoms in total. The van der Waals surface area contributed by atoms with Gasteiger partial charge in [0.1, 0.15) is 0 Å². The Morgan fingerprint density at radius 2 is 1.70 bits per heavy atom. The Bertz CT molecular complexity index is 630. The van der Waals surface area contributed by atoms with Gasteiger partial charge in [-0.2, -0.15) is 4.31 Å². The van der Waals surface area contributed by atoms with Gasteiger partial charge in [0.25, 0.3) is 15.7 Å². The molecule has 0 aliphatic rings. The van der Waals surface area contributed by atoms with E-state index >= 15 is 0 Å². The number of carbonyl (C=O) groups is 1. The Labute approximate surface area is 115 Å². The number of hydrogen-bond acceptors (Lipinski definition) is 5. The van der Waals surface area contributed by atoms with Crippen LogP contribution in [0.3, 0.4) is 0 Å². The van der Waals surface area contributed by atoms with Gasteiger partial charge in [0.15, 0.2) is 0 Å². The van der Waals surface area contributed by atoms with Crippen LogP contribution in [0.4, 0.5) is 10.5 Å². The molecule has 0 radical (unpaired) electrons. The molecule has 1 N–H and O–H groups in total. The fourth-order valence-electron chi connectivity index (χ4n) is 1.60. The Morgan fingerprint density at radius 1 is 1.25 bits per heavy atom. The molecule has 1 aromatic rings. The normalized spacial score (nSPS) is 11.9. The minimum absolute atomic E-state index is 0.276. The number of benzene rings is 1. The molecule has 0 spiro atoms. The molecule has 0 atom stereocenters. The number of nitrogens with zero attached hydrogens (tertiary/aromatic N) is 2. The van der Waals surface area contributed by atoms with Crippen molar-refractivity contribution in [3.8, 4) is 0 Å². The van der Waals surface area contributed by atoms with Gasteiger partial charge in [-0.1, -0.05) is 0 Å². The predicted molar refractivity (Wildman–Crippen MR) is 69.9 cm³/mol. The maximum Gasteiger partial charge on any atom is 0.421 e. The van der Waals surface area contributed by atoms with Crippen molar-refractivity contribution in [1.29, 1.82) is 0 Å². The van der Waals surface area contributed by atoms with Crippen LogP contribution < -0.4 is 0 Å². The van der Waals surface area contributed by atoms with Crippen LogP contribution in [0, 0.1) is 10.1 Å². The number of hydrogen-bond donors (Lipinski definition) is 1. The third kappa shape index (κ3) is 3.05. The first-order valence-electron chi connectivity index (χ1n) is 5.51. The van der Waals surface area contributed by atoms with Crippen molar-refractivity contribution in [3.05, 3.63) is 34.4 Å². The summed E-state index contributed by atoms with van der Waals surface area (Å²) in [6.07, 6.45) is -1.61. The van der Waals surface area contributed by atoms with Crippen LogP contribution in [0.2, 0.25) is 0 Å². The largest absolute Gasteiger partial charge is 0.464 e. The molecule has 110 valence electrons. The van der Waals surface area contributed by atoms with E-state index in [0.717, 1.165) is 24.3 Å². The maximum atomic E-state index is 12.3. The van der Waals surface area contributed by atoms with Crippen LogP contribution in [-0.4, -0.2) is 34.4 Å². The molecular weight excluding hydrogens is 288 g/mol. The first kappa shape index (κ1) is 15.9. The highest BCUT2D eigenvalue weighted by molar-refractivity contribution is 7.89. The molecule has 0 aromatic heterocycles. The Hall–Kier alpha value is -2.16. The van der Waals surface area contributed by atoms with E-state index in [1.165, 1.54) is 20.8 Å². The zero-order valence-electron chi connectivity index (χ0n) is 11.1. The summed E-state index contributed by atoms with van der Waals surface area (Å²) in [5, 5.41) is 19.6. The van der Waals surface area contributed by atoms with Crippen LogP contribution in [0.15, 0.2) is 29.2 Å². The number of carboxylic acid groups (broad SMARTS) is 1. The molecule has 0 aliphatic heterocycles. The summed E-state index contributed by atoms with van der Waals surface area (Å²) in [6, 6.07) is 4.04. The van der Waals surface area contributed by atoms with Crippen molar-refractivity contribution in [1.82, 2.24) is 4.31 Å². The number of amides is 1. The molecule has 0 saturated carbocycles. The molecule has 0 aliphatic carbocycles. The van der Waals surface area contributed by atoms with Gasteiger partial charge < -0.3 is 5.11 Å². The lowest BCUT2D eigenvalue weighted by molar-refractivity contribution is -0.384. The molecule has 0 fully saturated rings. The van der Waals surface area contributed by atoms with Gasteiger partial charge in [-0.25, -0.2) is 13.2 Å². The van der Waals surface area contributed by atoms with Crippen molar-refractivity contribution in [3.63, 3.8) is 0 Å². The minimum atomic E-state index is -4.29. The van der Waals surface area contributed by atoms with E-state index in [9.17, 15) is 23.3 Å². The van der Waals surface area contributed by atoms with E-state index < -0.39 is 26.6 Å². The molecule has 9 heteroatoms. The van der Waals surface area contributed by atoms with E-state index in [1.807, 2.05) is 0 Å². The summed E-state index contributed by atoms with van der Waals surface area (Å²) in [4.78, 5) is 20.7. The molecular formula is C11H14N2O6S. The van der Waals surface area contributed by atoms with E-state index in [-0.39, 0.29) is 10.6 Å². The van der Waals surface area contributed by atoms with Crippen molar-refractivity contribution in [2.45, 2.75) is 31.2 Å². The summed E-state index contributed by atoms with van der Waals surface area (Å²) < 4.78 is 24.9. The highest BCUT2D eigenvalue weighted by Crippen LogP contribution is 2.25. The summed E-state index contributed by atoms with van der Waals surface area (Å²) in [5.41, 5.74) is -1.45. The zero-order chi connectivity index (χ0) is 15.7. The van der Waals surface area contributed by atoms with Crippen molar-refractivity contribution in [2.75, 3.05) is 0 Å². The number of sulfonamides is 1. The number of nitro benzene ring substituents is 1. The third-order valence-electron chi connectivity index (χ3n) is 2.37. The fourth-order valence-corrected chi connectivity index (χ4v) is 3.21. The topological polar surface area (TPSA) is 118 Å². The quantitative estimate of drug-likeness (QED) is 0.674. The van der Waals surface area contributed by atoms with Crippen LogP contribution >= 0.6 is 0 Å². The van der Waals surface area contributed by atoms with Gasteiger partial charge in [0.2, 0.25) is 0 Å². The molecule has 0 bridgehead atoms. The average molecular weight is 302 g/mol. The lowest BCUT2D eigenvalue weighted by Gasteiger charge is -2.31. The Kier molecular flexibility index (Phi) is 4.04. The average Bonchev–Trinajstić information content (AvgIpc) is 2.25. The van der Waals surface area contributed by atoms with E-state index in [0.29, 0.717) is 4.31 Å². The monoisotopic (exact) mass is 302 g/mol. The summed E-state index contributed by atoms with van der Waals surface area (Å²) in [6.45, 7) is 4.30. The van der Waals surface area contributed by atoms with E-state index in [1.54, 1.807) is 0 Å². The molecule has 0 saturated heterocycles. The highest BCUT2D eigenvalue weighted by Gasteiger charge is 2.38. The second kappa shape index (κ2) is 5.08. The smallest absolute Gasteiger partial charge is 0.421 e. The Morgan fingerprint density at radius 3 is 2.00 bits per heavy atom. The first-order chi connectivity index (χ1) is 8.98. The van der Waals surface area contributed by atoms with Crippen LogP contribution in [0.25, 0.3) is 0 Å². The van der Waals surface area contributed by atoms with Crippen molar-refractivity contribution < 1.29 is 23.2 Å². The SMILES string of the molecule is CC(C)(C)N(C(=O)O)S(=O)(=O)c1ccc([N+](=O)[O-])cc1. The second-order valence-electron chi connectivity index (χ2n) is 4.97. The second-order valence-corrected chi connectivity index (χ2v) is 6.76. The molecule has 20 heavy (non-hydrogen) atoms. The molecule has 1 rings (SSSR count). The van der Waals surface area contributed by atoms with Gasteiger partial charge in [0, 0.05) is 12.1 Å². The number of nitro groups is 1. The van der Waals surface area contributed by atoms with Crippen LogP contribution in [-0.2, 0) is 10.0 Å². The first-order valence-corrected chi connectivity index (χ1v) is 6.95. The lowest BCUT2D eigenvalue weighted by atomic mass is 10.1. The summed E-state index contributed by atoms with van der Waals surface area (Å²) in [7, 11) is -4.29. The number of rotatable bonds is 3. The van der Waals surface area contributed by atoms with E-state index in [4.69, 9.17) is 5.11 Å². The van der Waals surface area contributed by atoms with Crippen LogP contribution in [0.5, 0.6) is 0 Å². The lowest BCUT2D eigenvalue weighted by Crippen LogP contribution is -2.48. The Balaban J connectivity index is 3.34. The van der Waals surface area contributed by atoms with Crippen LogP contribution in [0.1, 0.15) is 20.8 Å². The predicted octanol–water partition coefficient (Wildman–Crippen LogP) is 2.06. The van der Waals surface area contributed by atoms with Gasteiger partial charge in [-0.15, -0.1) is 0 Å². The van der Waals surface area contributed by atoms with Gasteiger partial charge in [0.05, 0.1) is 15.4 Å². The maximum absolute atomic E-state index is 12.3. The molecule has 0 unspecified atom stereocenters. The van der Waals surface area contributed by atoms with E-state index in [2.05, 4.69) is 0 Å². The van der Waals surface area contributed by atoms with Gasteiger partial charge >= 0.3 is 6.09 Å². The fraction of sp³-hybridized carbons (Fsp3) is 0.364. The summed E-state index contributed by atoms with van der Waals surface area (Å²) >= 11 is 0. The molecule has 1 aromatic carbocycles.